The van der Waals surface area contributed by atoms with Crippen molar-refractivity contribution in [1.82, 2.24) is 0 Å². The molecule has 0 aliphatic rings. The minimum atomic E-state index is -0.159. The highest BCUT2D eigenvalue weighted by Crippen LogP contribution is 2.22. The summed E-state index contributed by atoms with van der Waals surface area (Å²) in [7, 11) is 0. The van der Waals surface area contributed by atoms with Crippen LogP contribution in [0.5, 0.6) is 0 Å². The first-order valence-corrected chi connectivity index (χ1v) is 9.60. The highest BCUT2D eigenvalue weighted by atomic mass is 79.9. The number of hydrogen-bond donors (Lipinski definition) is 2. The summed E-state index contributed by atoms with van der Waals surface area (Å²) in [6.45, 7) is 10.3. The van der Waals surface area contributed by atoms with Gasteiger partial charge in [0, 0.05) is 22.1 Å². The number of nitrogens with one attached hydrogen (secondary N) is 1. The molecule has 4 heteroatoms. The molecule has 0 saturated carbocycles. The van der Waals surface area contributed by atoms with Crippen LogP contribution in [0.4, 0.5) is 5.69 Å². The van der Waals surface area contributed by atoms with Gasteiger partial charge in [-0.1, -0.05) is 52.7 Å². The number of carbonyl (C=O) groups excluding carboxylic acids is 1. The Kier molecular flexibility index (Phi) is 6.79. The molecule has 0 aliphatic carbocycles. The largest absolute Gasteiger partial charge is 0.330 e. The number of quaternary nitrogens is 1. The Morgan fingerprint density at radius 2 is 1.68 bits per heavy atom. The summed E-state index contributed by atoms with van der Waals surface area (Å²) < 4.78 is 1.07. The van der Waals surface area contributed by atoms with Gasteiger partial charge in [-0.05, 0) is 51.0 Å². The molecule has 1 amide bonds. The lowest BCUT2D eigenvalue weighted by Gasteiger charge is -2.20. The molecule has 3 N–H and O–H groups in total. The average molecular weight is 404 g/mol. The molecule has 0 bridgehead atoms. The molecule has 0 fully saturated rings. The molecule has 25 heavy (non-hydrogen) atoms. The van der Waals surface area contributed by atoms with E-state index in [0.29, 0.717) is 0 Å². The molecule has 3 nitrogen and oxygen atoms in total. The summed E-state index contributed by atoms with van der Waals surface area (Å²) in [5.41, 5.74) is 5.62. The maximum atomic E-state index is 12.7. The quantitative estimate of drug-likeness (QED) is 0.736. The van der Waals surface area contributed by atoms with Gasteiger partial charge in [0.25, 0.3) is 5.91 Å². The van der Waals surface area contributed by atoms with Crippen LogP contribution in [-0.4, -0.2) is 11.9 Å². The number of aryl methyl sites for hydroxylation is 3. The van der Waals surface area contributed by atoms with Crippen LogP contribution in [0, 0.1) is 20.8 Å². The summed E-state index contributed by atoms with van der Waals surface area (Å²) in [4.78, 5) is 12.7. The number of anilines is 1. The third-order valence-electron chi connectivity index (χ3n) is 4.60. The van der Waals surface area contributed by atoms with E-state index < -0.39 is 0 Å². The lowest BCUT2D eigenvalue weighted by atomic mass is 10.0. The highest BCUT2D eigenvalue weighted by molar-refractivity contribution is 9.10. The summed E-state index contributed by atoms with van der Waals surface area (Å²) in [6.07, 6.45) is 0.974. The number of carbonyl (C=O) groups is 1. The van der Waals surface area contributed by atoms with E-state index in [4.69, 9.17) is 0 Å². The van der Waals surface area contributed by atoms with Crippen molar-refractivity contribution in [1.29, 1.82) is 0 Å². The summed E-state index contributed by atoms with van der Waals surface area (Å²) in [6, 6.07) is 12.7. The Labute approximate surface area is 159 Å². The van der Waals surface area contributed by atoms with Crippen LogP contribution < -0.4 is 10.6 Å². The Morgan fingerprint density at radius 1 is 1.12 bits per heavy atom. The molecule has 0 aliphatic heterocycles. The van der Waals surface area contributed by atoms with E-state index in [1.54, 1.807) is 0 Å². The number of halogens is 1. The van der Waals surface area contributed by atoms with Gasteiger partial charge in [0.2, 0.25) is 0 Å². The molecule has 0 aromatic heterocycles. The lowest BCUT2D eigenvalue weighted by Crippen LogP contribution is -2.92. The van der Waals surface area contributed by atoms with Crippen LogP contribution in [0.3, 0.4) is 0 Å². The molecule has 134 valence electrons. The van der Waals surface area contributed by atoms with Crippen LogP contribution >= 0.6 is 15.9 Å². The van der Waals surface area contributed by atoms with E-state index in [2.05, 4.69) is 76.8 Å². The van der Waals surface area contributed by atoms with E-state index in [-0.39, 0.29) is 18.0 Å². The predicted octanol–water partition coefficient (Wildman–Crippen LogP) is 4.42. The standard InChI is InChI=1S/C21H27BrN2O/c1-6-19(17-7-9-18(22)10-8-17)23-16(5)21(25)24-20-14(3)11-13(2)12-15(20)4/h7-12,16,19,23H,6H2,1-5H3,(H,24,25)/p+1/t16-,19+/m0/s1. The summed E-state index contributed by atoms with van der Waals surface area (Å²) in [5, 5.41) is 5.27. The van der Waals surface area contributed by atoms with Gasteiger partial charge in [-0.15, -0.1) is 0 Å². The van der Waals surface area contributed by atoms with E-state index in [0.717, 1.165) is 27.7 Å². The second-order valence-electron chi connectivity index (χ2n) is 6.81. The van der Waals surface area contributed by atoms with Crippen molar-refractivity contribution in [2.75, 3.05) is 5.32 Å². The fraction of sp³-hybridized carbons (Fsp3) is 0.381. The van der Waals surface area contributed by atoms with E-state index in [1.165, 1.54) is 11.1 Å². The number of benzene rings is 2. The topological polar surface area (TPSA) is 45.7 Å². The predicted molar refractivity (Wildman–Crippen MR) is 108 cm³/mol. The molecule has 2 aromatic rings. The van der Waals surface area contributed by atoms with Crippen LogP contribution in [0.2, 0.25) is 0 Å². The number of amides is 1. The van der Waals surface area contributed by atoms with Crippen LogP contribution in [0.25, 0.3) is 0 Å². The smallest absolute Gasteiger partial charge is 0.282 e. The zero-order valence-electron chi connectivity index (χ0n) is 15.7. The zero-order chi connectivity index (χ0) is 18.6. The van der Waals surface area contributed by atoms with E-state index in [9.17, 15) is 4.79 Å². The molecule has 0 heterocycles. The van der Waals surface area contributed by atoms with Crippen molar-refractivity contribution in [3.8, 4) is 0 Å². The van der Waals surface area contributed by atoms with Gasteiger partial charge in [-0.3, -0.25) is 4.79 Å². The van der Waals surface area contributed by atoms with Gasteiger partial charge < -0.3 is 10.6 Å². The maximum Gasteiger partial charge on any atom is 0.282 e. The van der Waals surface area contributed by atoms with Gasteiger partial charge in [0.05, 0.1) is 0 Å². The Bertz CT molecular complexity index is 717. The molecule has 0 unspecified atom stereocenters. The number of rotatable bonds is 6. The molecule has 2 aromatic carbocycles. The van der Waals surface area contributed by atoms with E-state index in [1.807, 2.05) is 20.8 Å². The first-order valence-electron chi connectivity index (χ1n) is 8.81. The average Bonchev–Trinajstić information content (AvgIpc) is 2.56. The van der Waals surface area contributed by atoms with Crippen LogP contribution in [-0.2, 0) is 4.79 Å². The zero-order valence-corrected chi connectivity index (χ0v) is 17.3. The Balaban J connectivity index is 2.08. The molecule has 2 atom stereocenters. The molecule has 2 rings (SSSR count). The first-order chi connectivity index (χ1) is 11.8. The minimum absolute atomic E-state index is 0.0469. The van der Waals surface area contributed by atoms with Gasteiger partial charge in [-0.2, -0.15) is 0 Å². The minimum Gasteiger partial charge on any atom is -0.330 e. The van der Waals surface area contributed by atoms with Crippen molar-refractivity contribution in [3.63, 3.8) is 0 Å². The van der Waals surface area contributed by atoms with Gasteiger partial charge in [-0.25, -0.2) is 0 Å². The second-order valence-corrected chi connectivity index (χ2v) is 7.73. The molecule has 0 saturated heterocycles. The Hall–Kier alpha value is -1.65. The fourth-order valence-electron chi connectivity index (χ4n) is 3.24. The van der Waals surface area contributed by atoms with Crippen molar-refractivity contribution >= 4 is 27.5 Å². The molecule has 0 radical (unpaired) electrons. The Morgan fingerprint density at radius 3 is 2.20 bits per heavy atom. The molecule has 0 spiro atoms. The second kappa shape index (κ2) is 8.63. The summed E-state index contributed by atoms with van der Waals surface area (Å²) in [5.74, 6) is 0.0469. The fourth-order valence-corrected chi connectivity index (χ4v) is 3.51. The third-order valence-corrected chi connectivity index (χ3v) is 5.13. The van der Waals surface area contributed by atoms with Crippen LogP contribution in [0.15, 0.2) is 40.9 Å². The van der Waals surface area contributed by atoms with Gasteiger partial charge >= 0.3 is 0 Å². The molecular formula is C21H28BrN2O+. The third kappa shape index (κ3) is 5.16. The van der Waals surface area contributed by atoms with Crippen molar-refractivity contribution in [2.45, 2.75) is 53.1 Å². The number of hydrogen-bond acceptors (Lipinski definition) is 1. The lowest BCUT2D eigenvalue weighted by molar-refractivity contribution is -0.713. The summed E-state index contributed by atoms with van der Waals surface area (Å²) >= 11 is 3.47. The maximum absolute atomic E-state index is 12.7. The highest BCUT2D eigenvalue weighted by Gasteiger charge is 2.23. The van der Waals surface area contributed by atoms with E-state index >= 15 is 0 Å². The monoisotopic (exact) mass is 403 g/mol. The molecular weight excluding hydrogens is 376 g/mol. The SMILES string of the molecule is CC[C@@H]([NH2+][C@@H](C)C(=O)Nc1c(C)cc(C)cc1C)c1ccc(Br)cc1. The van der Waals surface area contributed by atoms with Crippen molar-refractivity contribution < 1.29 is 10.1 Å². The van der Waals surface area contributed by atoms with Crippen molar-refractivity contribution in [3.05, 3.63) is 63.1 Å². The first kappa shape index (κ1) is 19.7. The van der Waals surface area contributed by atoms with Gasteiger partial charge in [0.15, 0.2) is 6.04 Å². The van der Waals surface area contributed by atoms with Crippen molar-refractivity contribution in [2.24, 2.45) is 0 Å². The normalized spacial score (nSPS) is 13.4. The van der Waals surface area contributed by atoms with Crippen LogP contribution in [0.1, 0.15) is 48.6 Å². The van der Waals surface area contributed by atoms with Gasteiger partial charge in [0.1, 0.15) is 6.04 Å². The number of nitrogens with two attached hydrogens (primary N) is 1.